The number of alkyl carbamates (subject to hydrolysis) is 1. The number of ether oxygens (including phenoxy) is 2. The fourth-order valence-corrected chi connectivity index (χ4v) is 2.53. The number of rotatable bonds is 8. The van der Waals surface area contributed by atoms with Crippen molar-refractivity contribution in [2.24, 2.45) is 11.3 Å². The van der Waals surface area contributed by atoms with Gasteiger partial charge in [0, 0.05) is 25.7 Å². The highest BCUT2D eigenvalue weighted by Crippen LogP contribution is 2.47. The summed E-state index contributed by atoms with van der Waals surface area (Å²) in [7, 11) is 1.68. The molecule has 0 saturated heterocycles. The predicted molar refractivity (Wildman–Crippen MR) is 77.6 cm³/mol. The molecule has 1 rings (SSSR count). The first-order valence-corrected chi connectivity index (χ1v) is 7.39. The molecule has 0 aromatic rings. The minimum Gasteiger partial charge on any atom is -0.444 e. The molecule has 0 bridgehead atoms. The Bertz CT molecular complexity index is 309. The van der Waals surface area contributed by atoms with Crippen molar-refractivity contribution in [3.8, 4) is 0 Å². The number of nitrogens with one attached hydrogen (secondary N) is 1. The van der Waals surface area contributed by atoms with Gasteiger partial charge in [0.05, 0.1) is 6.61 Å². The van der Waals surface area contributed by atoms with Gasteiger partial charge in [-0.2, -0.15) is 0 Å². The third-order valence-electron chi connectivity index (χ3n) is 3.77. The summed E-state index contributed by atoms with van der Waals surface area (Å²) in [5, 5.41) is 12.6. The van der Waals surface area contributed by atoms with E-state index in [4.69, 9.17) is 9.47 Å². The summed E-state index contributed by atoms with van der Waals surface area (Å²) in [5.41, 5.74) is -0.725. The molecule has 1 amide bonds. The van der Waals surface area contributed by atoms with E-state index in [1.807, 2.05) is 20.8 Å². The highest BCUT2D eigenvalue weighted by atomic mass is 16.6. The van der Waals surface area contributed by atoms with Crippen molar-refractivity contribution in [2.45, 2.75) is 52.1 Å². The van der Waals surface area contributed by atoms with E-state index in [0.717, 1.165) is 25.7 Å². The maximum absolute atomic E-state index is 11.8. The molecule has 1 aliphatic rings. The van der Waals surface area contributed by atoms with Crippen LogP contribution in [0.1, 0.15) is 46.5 Å². The van der Waals surface area contributed by atoms with Gasteiger partial charge in [-0.25, -0.2) is 4.79 Å². The molecule has 2 N–H and O–H groups in total. The Kier molecular flexibility index (Phi) is 6.27. The molecule has 1 fully saturated rings. The molecular formula is C15H29NO4. The Hall–Kier alpha value is -0.810. The monoisotopic (exact) mass is 287 g/mol. The van der Waals surface area contributed by atoms with Crippen LogP contribution < -0.4 is 5.32 Å². The van der Waals surface area contributed by atoms with E-state index < -0.39 is 11.7 Å². The lowest BCUT2D eigenvalue weighted by molar-refractivity contribution is 0.0405. The zero-order valence-corrected chi connectivity index (χ0v) is 13.2. The van der Waals surface area contributed by atoms with E-state index in [9.17, 15) is 9.90 Å². The highest BCUT2D eigenvalue weighted by Gasteiger charge is 2.44. The van der Waals surface area contributed by atoms with E-state index in [1.165, 1.54) is 0 Å². The topological polar surface area (TPSA) is 67.8 Å². The lowest BCUT2D eigenvalue weighted by Crippen LogP contribution is -2.43. The lowest BCUT2D eigenvalue weighted by atomic mass is 9.79. The quantitative estimate of drug-likeness (QED) is 0.672. The van der Waals surface area contributed by atoms with Crippen molar-refractivity contribution in [3.63, 3.8) is 0 Å². The largest absolute Gasteiger partial charge is 0.444 e. The number of hydrogen-bond acceptors (Lipinski definition) is 4. The number of aliphatic hydroxyl groups excluding tert-OH is 1. The number of carbonyl (C=O) groups is 1. The summed E-state index contributed by atoms with van der Waals surface area (Å²) in [6.45, 7) is 6.76. The first-order chi connectivity index (χ1) is 9.33. The second-order valence-corrected chi connectivity index (χ2v) is 6.75. The van der Waals surface area contributed by atoms with E-state index in [1.54, 1.807) is 7.11 Å². The average molecular weight is 287 g/mol. The fraction of sp³-hybridized carbons (Fsp3) is 0.933. The van der Waals surface area contributed by atoms with Crippen LogP contribution in [0.3, 0.4) is 0 Å². The molecule has 5 heteroatoms. The molecule has 1 unspecified atom stereocenters. The van der Waals surface area contributed by atoms with E-state index in [0.29, 0.717) is 19.1 Å². The average Bonchev–Trinajstić information content (AvgIpc) is 3.16. The summed E-state index contributed by atoms with van der Waals surface area (Å²) >= 11 is 0. The third-order valence-corrected chi connectivity index (χ3v) is 3.77. The van der Waals surface area contributed by atoms with Crippen LogP contribution >= 0.6 is 0 Å². The second kappa shape index (κ2) is 7.27. The molecular weight excluding hydrogens is 258 g/mol. The van der Waals surface area contributed by atoms with Crippen molar-refractivity contribution in [3.05, 3.63) is 0 Å². The molecule has 0 aromatic carbocycles. The summed E-state index contributed by atoms with van der Waals surface area (Å²) in [4.78, 5) is 11.8. The number of aliphatic hydroxyl groups is 1. The lowest BCUT2D eigenvalue weighted by Gasteiger charge is -2.33. The molecule has 0 aliphatic heterocycles. The zero-order chi connectivity index (χ0) is 15.2. The van der Waals surface area contributed by atoms with Crippen LogP contribution in [0.15, 0.2) is 0 Å². The van der Waals surface area contributed by atoms with Gasteiger partial charge >= 0.3 is 6.09 Å². The Morgan fingerprint density at radius 1 is 1.35 bits per heavy atom. The third kappa shape index (κ3) is 5.67. The van der Waals surface area contributed by atoms with Gasteiger partial charge in [0.1, 0.15) is 5.60 Å². The Morgan fingerprint density at radius 3 is 2.45 bits per heavy atom. The van der Waals surface area contributed by atoms with Crippen LogP contribution in [-0.4, -0.2) is 43.7 Å². The van der Waals surface area contributed by atoms with Crippen molar-refractivity contribution >= 4 is 6.09 Å². The summed E-state index contributed by atoms with van der Waals surface area (Å²) in [5.74, 6) is 0.499. The maximum atomic E-state index is 11.8. The van der Waals surface area contributed by atoms with Gasteiger partial charge in [-0.15, -0.1) is 0 Å². The number of methoxy groups -OCH3 is 1. The van der Waals surface area contributed by atoms with Gasteiger partial charge in [0.2, 0.25) is 0 Å². The normalized spacial score (nSPS) is 18.4. The molecule has 0 aromatic heterocycles. The Labute approximate surface area is 122 Å². The van der Waals surface area contributed by atoms with Gasteiger partial charge in [0.25, 0.3) is 0 Å². The van der Waals surface area contributed by atoms with Gasteiger partial charge in [-0.3, -0.25) is 0 Å². The summed E-state index contributed by atoms with van der Waals surface area (Å²) in [6.07, 6.45) is 3.59. The predicted octanol–water partition coefficient (Wildman–Crippen LogP) is 2.33. The van der Waals surface area contributed by atoms with Crippen molar-refractivity contribution in [1.82, 2.24) is 5.32 Å². The molecule has 0 radical (unpaired) electrons. The first kappa shape index (κ1) is 17.2. The minimum atomic E-state index is -0.498. The van der Waals surface area contributed by atoms with Crippen LogP contribution in [0.5, 0.6) is 0 Å². The van der Waals surface area contributed by atoms with Crippen LogP contribution in [0.25, 0.3) is 0 Å². The number of carbonyl (C=O) groups excluding carboxylic acids is 1. The van der Waals surface area contributed by atoms with Crippen molar-refractivity contribution in [1.29, 1.82) is 0 Å². The van der Waals surface area contributed by atoms with Crippen LogP contribution in [0, 0.1) is 11.3 Å². The van der Waals surface area contributed by atoms with E-state index in [-0.39, 0.29) is 12.0 Å². The van der Waals surface area contributed by atoms with Gasteiger partial charge in [-0.1, -0.05) is 0 Å². The van der Waals surface area contributed by atoms with Gasteiger partial charge in [-0.05, 0) is 52.4 Å². The van der Waals surface area contributed by atoms with Crippen LogP contribution in [0.2, 0.25) is 0 Å². The molecule has 0 spiro atoms. The van der Waals surface area contributed by atoms with Crippen molar-refractivity contribution < 1.29 is 19.4 Å². The summed E-state index contributed by atoms with van der Waals surface area (Å²) < 4.78 is 10.3. The van der Waals surface area contributed by atoms with Crippen molar-refractivity contribution in [2.75, 3.05) is 26.9 Å². The summed E-state index contributed by atoms with van der Waals surface area (Å²) in [6, 6.07) is 0. The second-order valence-electron chi connectivity index (χ2n) is 6.75. The van der Waals surface area contributed by atoms with Crippen LogP contribution in [-0.2, 0) is 9.47 Å². The molecule has 1 saturated carbocycles. The standard InChI is InChI=1S/C15H29NO4/c1-14(2,3)20-13(18)16-10-15(11-17,12-6-7-12)8-5-9-19-4/h12,17H,5-11H2,1-4H3,(H,16,18). The molecule has 0 heterocycles. The molecule has 5 nitrogen and oxygen atoms in total. The minimum absolute atomic E-state index is 0.0944. The Balaban J connectivity index is 2.50. The highest BCUT2D eigenvalue weighted by molar-refractivity contribution is 5.67. The number of amides is 1. The fourth-order valence-electron chi connectivity index (χ4n) is 2.53. The SMILES string of the molecule is COCCCC(CO)(CNC(=O)OC(C)(C)C)C1CC1. The van der Waals surface area contributed by atoms with Crippen LogP contribution in [0.4, 0.5) is 4.79 Å². The Morgan fingerprint density at radius 2 is 2.00 bits per heavy atom. The molecule has 1 atom stereocenters. The number of hydrogen-bond donors (Lipinski definition) is 2. The zero-order valence-electron chi connectivity index (χ0n) is 13.2. The molecule has 1 aliphatic carbocycles. The van der Waals surface area contributed by atoms with Gasteiger partial charge < -0.3 is 19.9 Å². The first-order valence-electron chi connectivity index (χ1n) is 7.39. The van der Waals surface area contributed by atoms with E-state index in [2.05, 4.69) is 5.32 Å². The van der Waals surface area contributed by atoms with E-state index >= 15 is 0 Å². The molecule has 118 valence electrons. The maximum Gasteiger partial charge on any atom is 0.407 e. The molecule has 20 heavy (non-hydrogen) atoms. The smallest absolute Gasteiger partial charge is 0.407 e. The van der Waals surface area contributed by atoms with Gasteiger partial charge in [0.15, 0.2) is 0 Å².